The minimum Gasteiger partial charge on any atom is -0.477 e. The van der Waals surface area contributed by atoms with Gasteiger partial charge in [-0.2, -0.15) is 0 Å². The number of fused-ring (bicyclic) bond motifs is 1. The summed E-state index contributed by atoms with van der Waals surface area (Å²) in [4.78, 5) is 42.8. The zero-order chi connectivity index (χ0) is 17.4. The number of thiophene rings is 1. The minimum atomic E-state index is -1.07. The number of hydrogen-bond donors (Lipinski definition) is 1. The molecule has 0 aromatic carbocycles. The number of carbonyl (C=O) groups is 2. The quantitative estimate of drug-likeness (QED) is 0.911. The summed E-state index contributed by atoms with van der Waals surface area (Å²) >= 11 is 0.983. The second kappa shape index (κ2) is 6.35. The largest absolute Gasteiger partial charge is 0.477 e. The highest BCUT2D eigenvalue weighted by molar-refractivity contribution is 7.20. The number of aromatic nitrogens is 2. The second-order valence-electron chi connectivity index (χ2n) is 6.31. The minimum absolute atomic E-state index is 0.0633. The summed E-state index contributed by atoms with van der Waals surface area (Å²) < 4.78 is 1.27. The monoisotopic (exact) mass is 349 g/mol. The zero-order valence-corrected chi connectivity index (χ0v) is 14.4. The van der Waals surface area contributed by atoms with Gasteiger partial charge in [0.25, 0.3) is 5.56 Å². The van der Waals surface area contributed by atoms with Crippen LogP contribution < -0.4 is 5.56 Å². The number of aromatic carboxylic acids is 1. The number of aryl methyl sites for hydroxylation is 1. The summed E-state index contributed by atoms with van der Waals surface area (Å²) in [5, 5.41) is 9.47. The summed E-state index contributed by atoms with van der Waals surface area (Å²) in [5.41, 5.74) is 0.0491. The highest BCUT2D eigenvalue weighted by Gasteiger charge is 2.23. The third-order valence-corrected chi connectivity index (χ3v) is 5.61. The van der Waals surface area contributed by atoms with Crippen molar-refractivity contribution < 1.29 is 14.7 Å². The van der Waals surface area contributed by atoms with E-state index in [1.54, 1.807) is 11.8 Å². The van der Waals surface area contributed by atoms with E-state index in [9.17, 15) is 19.5 Å². The van der Waals surface area contributed by atoms with Gasteiger partial charge >= 0.3 is 5.97 Å². The molecule has 1 N–H and O–H groups in total. The number of likely N-dealkylation sites (tertiary alicyclic amines) is 1. The molecule has 1 saturated heterocycles. The maximum atomic E-state index is 12.6. The average Bonchev–Trinajstić information content (AvgIpc) is 2.88. The Hall–Kier alpha value is -2.22. The first kappa shape index (κ1) is 16.6. The fourth-order valence-corrected chi connectivity index (χ4v) is 4.12. The molecule has 1 aliphatic rings. The Labute approximate surface area is 142 Å². The number of carboxylic acid groups (broad SMARTS) is 1. The first-order valence-electron chi connectivity index (χ1n) is 7.88. The van der Waals surface area contributed by atoms with E-state index in [-0.39, 0.29) is 22.9 Å². The Morgan fingerprint density at radius 1 is 1.46 bits per heavy atom. The van der Waals surface area contributed by atoms with Crippen LogP contribution in [-0.2, 0) is 11.3 Å². The van der Waals surface area contributed by atoms with Crippen LogP contribution in [0.3, 0.4) is 0 Å². The summed E-state index contributed by atoms with van der Waals surface area (Å²) in [6.45, 7) is 5.08. The Bertz CT molecular complexity index is 870. The Balaban J connectivity index is 1.91. The Morgan fingerprint density at radius 2 is 2.21 bits per heavy atom. The van der Waals surface area contributed by atoms with Crippen molar-refractivity contribution in [2.45, 2.75) is 33.2 Å². The molecule has 1 amide bonds. The van der Waals surface area contributed by atoms with Crippen molar-refractivity contribution in [1.82, 2.24) is 14.5 Å². The third-order valence-electron chi connectivity index (χ3n) is 4.43. The maximum absolute atomic E-state index is 12.6. The van der Waals surface area contributed by atoms with Gasteiger partial charge in [0.2, 0.25) is 5.91 Å². The van der Waals surface area contributed by atoms with E-state index in [0.717, 1.165) is 24.2 Å². The first-order chi connectivity index (χ1) is 11.4. The van der Waals surface area contributed by atoms with Crippen LogP contribution in [0.2, 0.25) is 0 Å². The first-order valence-corrected chi connectivity index (χ1v) is 8.69. The summed E-state index contributed by atoms with van der Waals surface area (Å²) in [5.74, 6) is -0.701. The molecule has 128 valence electrons. The normalized spacial score (nSPS) is 18.1. The van der Waals surface area contributed by atoms with E-state index in [0.29, 0.717) is 34.8 Å². The molecule has 1 unspecified atom stereocenters. The van der Waals surface area contributed by atoms with Gasteiger partial charge in [0, 0.05) is 13.1 Å². The van der Waals surface area contributed by atoms with E-state index in [1.165, 1.54) is 10.9 Å². The molecule has 0 bridgehead atoms. The maximum Gasteiger partial charge on any atom is 0.346 e. The van der Waals surface area contributed by atoms with Crippen molar-refractivity contribution >= 4 is 33.4 Å². The molecule has 0 saturated carbocycles. The highest BCUT2D eigenvalue weighted by Crippen LogP contribution is 2.26. The van der Waals surface area contributed by atoms with E-state index in [2.05, 4.69) is 11.9 Å². The van der Waals surface area contributed by atoms with Gasteiger partial charge in [0.1, 0.15) is 16.3 Å². The molecule has 24 heavy (non-hydrogen) atoms. The smallest absolute Gasteiger partial charge is 0.346 e. The van der Waals surface area contributed by atoms with Crippen LogP contribution in [0.1, 0.15) is 35.0 Å². The summed E-state index contributed by atoms with van der Waals surface area (Å²) in [6.07, 6.45) is 3.42. The number of carbonyl (C=O) groups excluding carboxylic acids is 1. The van der Waals surface area contributed by atoms with Crippen molar-refractivity contribution in [3.63, 3.8) is 0 Å². The van der Waals surface area contributed by atoms with Crippen LogP contribution in [0.5, 0.6) is 0 Å². The topological polar surface area (TPSA) is 92.5 Å². The summed E-state index contributed by atoms with van der Waals surface area (Å²) in [6, 6.07) is 0. The predicted octanol–water partition coefficient (Wildman–Crippen LogP) is 1.72. The summed E-state index contributed by atoms with van der Waals surface area (Å²) in [7, 11) is 0. The lowest BCUT2D eigenvalue weighted by molar-refractivity contribution is -0.133. The Kier molecular flexibility index (Phi) is 4.40. The van der Waals surface area contributed by atoms with Gasteiger partial charge in [-0.1, -0.05) is 6.92 Å². The van der Waals surface area contributed by atoms with Crippen molar-refractivity contribution in [2.24, 2.45) is 5.92 Å². The molecule has 2 aromatic heterocycles. The van der Waals surface area contributed by atoms with Crippen LogP contribution in [-0.4, -0.2) is 44.5 Å². The van der Waals surface area contributed by atoms with Crippen molar-refractivity contribution in [3.8, 4) is 0 Å². The molecule has 8 heteroatoms. The molecule has 7 nitrogen and oxygen atoms in total. The van der Waals surface area contributed by atoms with E-state index in [1.807, 2.05) is 0 Å². The number of rotatable bonds is 3. The lowest BCUT2D eigenvalue weighted by Gasteiger charge is -2.31. The van der Waals surface area contributed by atoms with E-state index in [4.69, 9.17) is 0 Å². The van der Waals surface area contributed by atoms with Gasteiger partial charge in [-0.3, -0.25) is 14.2 Å². The van der Waals surface area contributed by atoms with Gasteiger partial charge in [-0.05, 0) is 31.2 Å². The second-order valence-corrected chi connectivity index (χ2v) is 7.31. The fraction of sp³-hybridized carbons (Fsp3) is 0.500. The zero-order valence-electron chi connectivity index (χ0n) is 13.6. The molecule has 0 spiro atoms. The molecule has 3 rings (SSSR count). The number of hydrogen-bond acceptors (Lipinski definition) is 5. The van der Waals surface area contributed by atoms with Crippen molar-refractivity contribution in [3.05, 3.63) is 27.1 Å². The predicted molar refractivity (Wildman–Crippen MR) is 90.6 cm³/mol. The van der Waals surface area contributed by atoms with E-state index >= 15 is 0 Å². The number of piperidine rings is 1. The van der Waals surface area contributed by atoms with Crippen LogP contribution >= 0.6 is 11.3 Å². The Morgan fingerprint density at radius 3 is 2.88 bits per heavy atom. The number of carboxylic acids is 1. The average molecular weight is 349 g/mol. The van der Waals surface area contributed by atoms with Gasteiger partial charge in [0.15, 0.2) is 0 Å². The fourth-order valence-electron chi connectivity index (χ4n) is 3.14. The van der Waals surface area contributed by atoms with Gasteiger partial charge < -0.3 is 10.0 Å². The lowest BCUT2D eigenvalue weighted by atomic mass is 10.0. The van der Waals surface area contributed by atoms with Gasteiger partial charge in [-0.25, -0.2) is 9.78 Å². The molecule has 0 aliphatic carbocycles. The van der Waals surface area contributed by atoms with Crippen LogP contribution in [0, 0.1) is 12.8 Å². The van der Waals surface area contributed by atoms with Crippen LogP contribution in [0.25, 0.3) is 10.2 Å². The molecular formula is C16H19N3O4S. The van der Waals surface area contributed by atoms with Crippen molar-refractivity contribution in [2.75, 3.05) is 13.1 Å². The van der Waals surface area contributed by atoms with Gasteiger partial charge in [-0.15, -0.1) is 11.3 Å². The molecule has 1 atom stereocenters. The van der Waals surface area contributed by atoms with Crippen LogP contribution in [0.4, 0.5) is 0 Å². The molecule has 1 aliphatic heterocycles. The SMILES string of the molecule is Cc1c(C(=O)O)sc2ncn(CC(=O)N3CCCC(C)C3)c(=O)c12. The molecular weight excluding hydrogens is 330 g/mol. The van der Waals surface area contributed by atoms with E-state index < -0.39 is 5.97 Å². The molecule has 2 aromatic rings. The van der Waals surface area contributed by atoms with Crippen molar-refractivity contribution in [1.29, 1.82) is 0 Å². The highest BCUT2D eigenvalue weighted by atomic mass is 32.1. The molecule has 3 heterocycles. The standard InChI is InChI=1S/C16H19N3O4S/c1-9-4-3-5-18(6-9)11(20)7-19-8-17-14-12(15(19)21)10(2)13(24-14)16(22)23/h8-9H,3-7H2,1-2H3,(H,22,23). The van der Waals surface area contributed by atoms with Crippen LogP contribution in [0.15, 0.2) is 11.1 Å². The van der Waals surface area contributed by atoms with Gasteiger partial charge in [0.05, 0.1) is 11.7 Å². The third kappa shape index (κ3) is 2.93. The number of amides is 1. The lowest BCUT2D eigenvalue weighted by Crippen LogP contribution is -2.42. The molecule has 0 radical (unpaired) electrons. The number of nitrogens with zero attached hydrogens (tertiary/aromatic N) is 3. The molecule has 1 fully saturated rings.